The maximum atomic E-state index is 12.8. The lowest BCUT2D eigenvalue weighted by Gasteiger charge is -2.20. The molecule has 0 bridgehead atoms. The van der Waals surface area contributed by atoms with Gasteiger partial charge in [-0.2, -0.15) is 0 Å². The highest BCUT2D eigenvalue weighted by Gasteiger charge is 2.28. The maximum absolute atomic E-state index is 12.8. The van der Waals surface area contributed by atoms with Crippen LogP contribution in [0, 0.1) is 0 Å². The van der Waals surface area contributed by atoms with Gasteiger partial charge in [0.25, 0.3) is 5.91 Å². The van der Waals surface area contributed by atoms with Gasteiger partial charge in [-0.25, -0.2) is 8.42 Å². The van der Waals surface area contributed by atoms with Crippen molar-refractivity contribution in [2.75, 3.05) is 19.4 Å². The van der Waals surface area contributed by atoms with E-state index in [-0.39, 0.29) is 24.7 Å². The van der Waals surface area contributed by atoms with Crippen molar-refractivity contribution in [2.45, 2.75) is 11.4 Å². The van der Waals surface area contributed by atoms with Gasteiger partial charge in [0.1, 0.15) is 5.75 Å². The molecular formula is C17H16BrNO4S. The second-order valence-corrected chi connectivity index (χ2v) is 8.43. The zero-order valence-electron chi connectivity index (χ0n) is 13.0. The summed E-state index contributed by atoms with van der Waals surface area (Å²) in [5.74, 6) is 0.355. The van der Waals surface area contributed by atoms with Crippen molar-refractivity contribution >= 4 is 31.7 Å². The van der Waals surface area contributed by atoms with E-state index < -0.39 is 9.84 Å². The fraction of sp³-hybridized carbons (Fsp3) is 0.235. The third-order valence-electron chi connectivity index (χ3n) is 3.98. The molecule has 0 aliphatic carbocycles. The fourth-order valence-corrected chi connectivity index (χ4v) is 4.76. The SMILES string of the molecule is COc1ccc(C(=O)N2CCS(=O)(=O)c3ccccc3C2)cc1Br. The number of hydrogen-bond donors (Lipinski definition) is 0. The van der Waals surface area contributed by atoms with Crippen LogP contribution in [0.2, 0.25) is 0 Å². The number of carbonyl (C=O) groups excluding carboxylic acids is 1. The van der Waals surface area contributed by atoms with Crippen LogP contribution in [-0.4, -0.2) is 38.6 Å². The van der Waals surface area contributed by atoms with E-state index in [4.69, 9.17) is 4.74 Å². The molecule has 3 rings (SSSR count). The molecule has 7 heteroatoms. The minimum atomic E-state index is -3.37. The Hall–Kier alpha value is -1.86. The molecule has 2 aromatic rings. The van der Waals surface area contributed by atoms with Gasteiger partial charge < -0.3 is 9.64 Å². The van der Waals surface area contributed by atoms with Gasteiger partial charge in [0.05, 0.1) is 22.2 Å². The number of rotatable bonds is 2. The van der Waals surface area contributed by atoms with Crippen LogP contribution in [0.15, 0.2) is 51.8 Å². The number of hydrogen-bond acceptors (Lipinski definition) is 4. The van der Waals surface area contributed by atoms with E-state index in [1.54, 1.807) is 54.5 Å². The van der Waals surface area contributed by atoms with Gasteiger partial charge in [-0.3, -0.25) is 4.79 Å². The second-order valence-electron chi connectivity index (χ2n) is 5.50. The Kier molecular flexibility index (Phi) is 4.64. The van der Waals surface area contributed by atoms with Gasteiger partial charge in [0.15, 0.2) is 9.84 Å². The van der Waals surface area contributed by atoms with E-state index in [1.165, 1.54) is 0 Å². The minimum Gasteiger partial charge on any atom is -0.496 e. The fourth-order valence-electron chi connectivity index (χ4n) is 2.72. The van der Waals surface area contributed by atoms with Gasteiger partial charge in [-0.05, 0) is 45.8 Å². The highest BCUT2D eigenvalue weighted by atomic mass is 79.9. The van der Waals surface area contributed by atoms with E-state index >= 15 is 0 Å². The molecule has 0 N–H and O–H groups in total. The molecule has 2 aromatic carbocycles. The molecule has 0 fully saturated rings. The molecule has 5 nitrogen and oxygen atoms in total. The lowest BCUT2D eigenvalue weighted by molar-refractivity contribution is 0.0754. The van der Waals surface area contributed by atoms with Crippen LogP contribution in [0.25, 0.3) is 0 Å². The maximum Gasteiger partial charge on any atom is 0.254 e. The van der Waals surface area contributed by atoms with Crippen molar-refractivity contribution < 1.29 is 17.9 Å². The summed E-state index contributed by atoms with van der Waals surface area (Å²) in [6.07, 6.45) is 0. The van der Waals surface area contributed by atoms with E-state index in [1.807, 2.05) is 0 Å². The first-order chi connectivity index (χ1) is 11.4. The van der Waals surface area contributed by atoms with E-state index in [9.17, 15) is 13.2 Å². The monoisotopic (exact) mass is 409 g/mol. The first-order valence-corrected chi connectivity index (χ1v) is 9.80. The van der Waals surface area contributed by atoms with Crippen LogP contribution in [0.1, 0.15) is 15.9 Å². The summed E-state index contributed by atoms with van der Waals surface area (Å²) in [5.41, 5.74) is 1.13. The van der Waals surface area contributed by atoms with Crippen LogP contribution in [-0.2, 0) is 16.4 Å². The van der Waals surface area contributed by atoms with Gasteiger partial charge >= 0.3 is 0 Å². The number of methoxy groups -OCH3 is 1. The Bertz CT molecular complexity index is 895. The number of ether oxygens (including phenoxy) is 1. The Morgan fingerprint density at radius 3 is 2.67 bits per heavy atom. The van der Waals surface area contributed by atoms with E-state index in [0.717, 1.165) is 0 Å². The average Bonchev–Trinajstić information content (AvgIpc) is 2.71. The van der Waals surface area contributed by atoms with Gasteiger partial charge in [0.2, 0.25) is 0 Å². The van der Waals surface area contributed by atoms with Crippen LogP contribution >= 0.6 is 15.9 Å². The third-order valence-corrected chi connectivity index (χ3v) is 6.39. The number of carbonyl (C=O) groups is 1. The van der Waals surface area contributed by atoms with Crippen molar-refractivity contribution in [2.24, 2.45) is 0 Å². The van der Waals surface area contributed by atoms with Crippen molar-refractivity contribution in [1.82, 2.24) is 4.90 Å². The smallest absolute Gasteiger partial charge is 0.254 e. The van der Waals surface area contributed by atoms with Gasteiger partial charge in [0, 0.05) is 18.7 Å². The number of amides is 1. The highest BCUT2D eigenvalue weighted by molar-refractivity contribution is 9.10. The topological polar surface area (TPSA) is 63.7 Å². The molecule has 0 atom stereocenters. The van der Waals surface area contributed by atoms with Crippen molar-refractivity contribution in [1.29, 1.82) is 0 Å². The summed E-state index contributed by atoms with van der Waals surface area (Å²) in [6.45, 7) is 0.442. The van der Waals surface area contributed by atoms with Crippen LogP contribution in [0.3, 0.4) is 0 Å². The number of fused-ring (bicyclic) bond motifs is 1. The average molecular weight is 410 g/mol. The molecule has 0 radical (unpaired) electrons. The second kappa shape index (κ2) is 6.57. The molecule has 0 saturated carbocycles. The molecule has 1 heterocycles. The minimum absolute atomic E-state index is 0.0763. The summed E-state index contributed by atoms with van der Waals surface area (Å²) in [7, 11) is -1.82. The number of halogens is 1. The highest BCUT2D eigenvalue weighted by Crippen LogP contribution is 2.28. The molecule has 0 saturated heterocycles. The normalized spacial score (nSPS) is 16.2. The summed E-state index contributed by atoms with van der Waals surface area (Å²) >= 11 is 3.37. The summed E-state index contributed by atoms with van der Waals surface area (Å²) < 4.78 is 30.6. The Labute approximate surface area is 149 Å². The predicted octanol–water partition coefficient (Wildman–Crippen LogP) is 2.89. The summed E-state index contributed by atoms with van der Waals surface area (Å²) in [4.78, 5) is 14.7. The number of sulfone groups is 1. The standard InChI is InChI=1S/C17H16BrNO4S/c1-23-15-7-6-12(10-14(15)18)17(20)19-8-9-24(21,22)16-5-3-2-4-13(16)11-19/h2-7,10H,8-9,11H2,1H3. The van der Waals surface area contributed by atoms with Crippen LogP contribution in [0.4, 0.5) is 0 Å². The molecule has 1 aliphatic heterocycles. The zero-order chi connectivity index (χ0) is 17.3. The third kappa shape index (κ3) is 3.18. The molecule has 1 amide bonds. The van der Waals surface area contributed by atoms with Crippen LogP contribution < -0.4 is 4.74 Å². The van der Waals surface area contributed by atoms with Crippen LogP contribution in [0.5, 0.6) is 5.75 Å². The summed E-state index contributed by atoms with van der Waals surface area (Å²) in [5, 5.41) is 0. The molecule has 0 aromatic heterocycles. The van der Waals surface area contributed by atoms with E-state index in [2.05, 4.69) is 15.9 Å². The quantitative estimate of drug-likeness (QED) is 0.764. The zero-order valence-corrected chi connectivity index (χ0v) is 15.4. The van der Waals surface area contributed by atoms with Crippen molar-refractivity contribution in [3.63, 3.8) is 0 Å². The summed E-state index contributed by atoms with van der Waals surface area (Å²) in [6, 6.07) is 11.9. The molecule has 126 valence electrons. The van der Waals surface area contributed by atoms with Gasteiger partial charge in [-0.1, -0.05) is 18.2 Å². The predicted molar refractivity (Wildman–Crippen MR) is 93.9 cm³/mol. The largest absolute Gasteiger partial charge is 0.496 e. The Morgan fingerprint density at radius 1 is 1.21 bits per heavy atom. The Balaban J connectivity index is 1.94. The molecule has 0 spiro atoms. The first-order valence-electron chi connectivity index (χ1n) is 7.36. The number of benzene rings is 2. The number of nitrogens with zero attached hydrogens (tertiary/aromatic N) is 1. The van der Waals surface area contributed by atoms with E-state index in [0.29, 0.717) is 26.2 Å². The van der Waals surface area contributed by atoms with Gasteiger partial charge in [-0.15, -0.1) is 0 Å². The first kappa shape index (κ1) is 17.0. The van der Waals surface area contributed by atoms with Crippen molar-refractivity contribution in [3.8, 4) is 5.75 Å². The lowest BCUT2D eigenvalue weighted by Crippen LogP contribution is -2.32. The molecule has 24 heavy (non-hydrogen) atoms. The molecular weight excluding hydrogens is 394 g/mol. The molecule has 1 aliphatic rings. The Morgan fingerprint density at radius 2 is 1.96 bits per heavy atom. The van der Waals surface area contributed by atoms with Crippen molar-refractivity contribution in [3.05, 3.63) is 58.1 Å². The lowest BCUT2D eigenvalue weighted by atomic mass is 10.1. The molecule has 0 unspecified atom stereocenters.